The van der Waals surface area contributed by atoms with Gasteiger partial charge >= 0.3 is 0 Å². The largest absolute Gasteiger partial charge is 0.494 e. The molecule has 0 spiro atoms. The number of piperazine rings is 1. The first-order chi connectivity index (χ1) is 13.6. The van der Waals surface area contributed by atoms with E-state index in [0.29, 0.717) is 19.7 Å². The third kappa shape index (κ3) is 5.16. The van der Waals surface area contributed by atoms with Crippen molar-refractivity contribution in [1.29, 1.82) is 0 Å². The lowest BCUT2D eigenvalue weighted by atomic mass is 10.2. The van der Waals surface area contributed by atoms with Crippen LogP contribution in [-0.2, 0) is 9.84 Å². The molecule has 1 unspecified atom stereocenters. The van der Waals surface area contributed by atoms with Gasteiger partial charge in [0, 0.05) is 36.3 Å². The van der Waals surface area contributed by atoms with Crippen molar-refractivity contribution in [2.75, 3.05) is 31.1 Å². The minimum Gasteiger partial charge on any atom is -0.494 e. The van der Waals surface area contributed by atoms with E-state index in [-0.39, 0.29) is 0 Å². The highest BCUT2D eigenvalue weighted by atomic mass is 32.2. The second-order valence-corrected chi connectivity index (χ2v) is 8.30. The molecule has 3 rings (SSSR count). The molecule has 1 fully saturated rings. The van der Waals surface area contributed by atoms with Gasteiger partial charge in [-0.25, -0.2) is 8.42 Å². The maximum Gasteiger partial charge on any atom is 0.194 e. The van der Waals surface area contributed by atoms with Crippen LogP contribution in [0.15, 0.2) is 66.1 Å². The summed E-state index contributed by atoms with van der Waals surface area (Å²) in [5, 5.41) is 3.71. The monoisotopic (exact) mass is 396 g/mol. The van der Waals surface area contributed by atoms with Gasteiger partial charge in [0.25, 0.3) is 0 Å². The van der Waals surface area contributed by atoms with Crippen molar-refractivity contribution < 1.29 is 13.2 Å². The Morgan fingerprint density at radius 1 is 1.18 bits per heavy atom. The fraction of sp³-hybridized carbons (Fsp3) is 0.273. The second-order valence-electron chi connectivity index (χ2n) is 6.31. The van der Waals surface area contributed by atoms with Crippen molar-refractivity contribution in [1.82, 2.24) is 5.32 Å². The van der Waals surface area contributed by atoms with Crippen molar-refractivity contribution in [3.63, 3.8) is 0 Å². The molecule has 0 aromatic heterocycles. The Balaban J connectivity index is 1.76. The fourth-order valence-electron chi connectivity index (χ4n) is 3.03. The fourth-order valence-corrected chi connectivity index (χ4v) is 4.41. The van der Waals surface area contributed by atoms with E-state index in [1.165, 1.54) is 11.5 Å². The highest BCUT2D eigenvalue weighted by Gasteiger charge is 2.32. The van der Waals surface area contributed by atoms with Crippen LogP contribution in [0.3, 0.4) is 0 Å². The summed E-state index contributed by atoms with van der Waals surface area (Å²) in [7, 11) is -3.51. The van der Waals surface area contributed by atoms with Crippen molar-refractivity contribution in [3.05, 3.63) is 71.6 Å². The van der Waals surface area contributed by atoms with Gasteiger partial charge in [0.1, 0.15) is 11.1 Å². The summed E-state index contributed by atoms with van der Waals surface area (Å²) in [4.78, 5) is 1.91. The van der Waals surface area contributed by atoms with Gasteiger partial charge in [0.15, 0.2) is 9.84 Å². The summed E-state index contributed by atoms with van der Waals surface area (Å²) in [5.74, 6) is 6.52. The molecule has 1 N–H and O–H groups in total. The number of nitrogens with zero attached hydrogens (tertiary/aromatic N) is 1. The van der Waals surface area contributed by atoms with Crippen molar-refractivity contribution in [3.8, 4) is 17.6 Å². The van der Waals surface area contributed by atoms with Crippen LogP contribution in [0.2, 0.25) is 0 Å². The van der Waals surface area contributed by atoms with Crippen LogP contribution in [0.25, 0.3) is 0 Å². The molecule has 5 nitrogen and oxygen atoms in total. The molecule has 0 saturated carbocycles. The van der Waals surface area contributed by atoms with Crippen LogP contribution < -0.4 is 15.0 Å². The number of hydrogen-bond donors (Lipinski definition) is 1. The van der Waals surface area contributed by atoms with E-state index in [1.807, 2.05) is 66.4 Å². The minimum atomic E-state index is -3.51. The lowest BCUT2D eigenvalue weighted by molar-refractivity contribution is 0.340. The van der Waals surface area contributed by atoms with Crippen molar-refractivity contribution in [2.24, 2.45) is 0 Å². The molecule has 146 valence electrons. The lowest BCUT2D eigenvalue weighted by Gasteiger charge is -2.36. The van der Waals surface area contributed by atoms with Gasteiger partial charge < -0.3 is 15.0 Å². The van der Waals surface area contributed by atoms with Gasteiger partial charge in [-0.05, 0) is 49.4 Å². The molecule has 0 amide bonds. The normalized spacial score (nSPS) is 17.2. The first kappa shape index (κ1) is 20.0. The Bertz CT molecular complexity index is 958. The predicted molar refractivity (Wildman–Crippen MR) is 113 cm³/mol. The number of rotatable bonds is 5. The quantitative estimate of drug-likeness (QED) is 0.788. The number of anilines is 1. The van der Waals surface area contributed by atoms with E-state index < -0.39 is 15.2 Å². The Hall–Kier alpha value is -2.75. The molecular weight excluding hydrogens is 372 g/mol. The molecule has 0 aliphatic carbocycles. The smallest absolute Gasteiger partial charge is 0.194 e. The molecule has 0 bridgehead atoms. The zero-order chi connectivity index (χ0) is 19.8. The number of allylic oxidation sites excluding steroid dienone is 1. The number of hydrogen-bond acceptors (Lipinski definition) is 5. The van der Waals surface area contributed by atoms with Gasteiger partial charge in [0.05, 0.1) is 6.61 Å². The molecule has 2 aromatic rings. The molecule has 1 atom stereocenters. The number of nitrogens with one attached hydrogen (secondary N) is 1. The van der Waals surface area contributed by atoms with E-state index in [1.54, 1.807) is 0 Å². The maximum atomic E-state index is 12.9. The zero-order valence-electron chi connectivity index (χ0n) is 15.8. The molecular formula is C22H24N2O3S. The van der Waals surface area contributed by atoms with Gasteiger partial charge in [-0.3, -0.25) is 0 Å². The van der Waals surface area contributed by atoms with Crippen LogP contribution in [0.5, 0.6) is 5.75 Å². The Labute approximate surface area is 166 Å². The SMILES string of the molecule is CCOc1ccc(N2CCNCC2S(=O)(=O)/C=C/C#Cc2ccccc2)cc1. The standard InChI is InChI=1S/C22H24N2O3S/c1-2-27-21-13-11-20(12-14-21)24-16-15-23-18-22(24)28(25,26)17-7-6-10-19-8-4-3-5-9-19/h3-5,7-9,11-14,17,22-23H,2,15-16,18H2,1H3/b17-7+. The maximum absolute atomic E-state index is 12.9. The highest BCUT2D eigenvalue weighted by Crippen LogP contribution is 2.24. The lowest BCUT2D eigenvalue weighted by Crippen LogP contribution is -2.54. The third-order valence-electron chi connectivity index (χ3n) is 4.39. The summed E-state index contributed by atoms with van der Waals surface area (Å²) in [6, 6.07) is 17.0. The Morgan fingerprint density at radius 3 is 2.64 bits per heavy atom. The predicted octanol–water partition coefficient (Wildman–Crippen LogP) is 2.80. The zero-order valence-corrected chi connectivity index (χ0v) is 16.7. The first-order valence-corrected chi connectivity index (χ1v) is 10.9. The number of sulfone groups is 1. The molecule has 1 aliphatic heterocycles. The second kappa shape index (κ2) is 9.45. The summed E-state index contributed by atoms with van der Waals surface area (Å²) in [5.41, 5.74) is 1.71. The summed E-state index contributed by atoms with van der Waals surface area (Å²) >= 11 is 0. The van der Waals surface area contributed by atoms with Crippen LogP contribution in [0.1, 0.15) is 12.5 Å². The highest BCUT2D eigenvalue weighted by molar-refractivity contribution is 7.95. The van der Waals surface area contributed by atoms with Gasteiger partial charge in [0.2, 0.25) is 0 Å². The average Bonchev–Trinajstić information content (AvgIpc) is 2.73. The topological polar surface area (TPSA) is 58.6 Å². The van der Waals surface area contributed by atoms with E-state index in [9.17, 15) is 8.42 Å². The van der Waals surface area contributed by atoms with Gasteiger partial charge in [-0.1, -0.05) is 30.0 Å². The third-order valence-corrected chi connectivity index (χ3v) is 6.08. The van der Waals surface area contributed by atoms with Crippen LogP contribution in [0.4, 0.5) is 5.69 Å². The number of ether oxygens (including phenoxy) is 1. The summed E-state index contributed by atoms with van der Waals surface area (Å²) in [6.07, 6.45) is 1.41. The number of benzene rings is 2. The van der Waals surface area contributed by atoms with Crippen molar-refractivity contribution >= 4 is 15.5 Å². The van der Waals surface area contributed by atoms with Gasteiger partial charge in [-0.2, -0.15) is 0 Å². The molecule has 1 heterocycles. The first-order valence-electron chi connectivity index (χ1n) is 9.27. The van der Waals surface area contributed by atoms with Crippen LogP contribution in [0, 0.1) is 11.8 Å². The van der Waals surface area contributed by atoms with Crippen LogP contribution >= 0.6 is 0 Å². The van der Waals surface area contributed by atoms with E-state index in [2.05, 4.69) is 17.2 Å². The van der Waals surface area contributed by atoms with Crippen LogP contribution in [-0.4, -0.2) is 40.0 Å². The minimum absolute atomic E-state index is 0.367. The Kier molecular flexibility index (Phi) is 6.75. The van der Waals surface area contributed by atoms with E-state index in [0.717, 1.165) is 23.5 Å². The molecule has 6 heteroatoms. The molecule has 1 aliphatic rings. The summed E-state index contributed by atoms with van der Waals surface area (Å²) < 4.78 is 31.2. The molecule has 28 heavy (non-hydrogen) atoms. The molecule has 2 aromatic carbocycles. The van der Waals surface area contributed by atoms with Gasteiger partial charge in [-0.15, -0.1) is 0 Å². The van der Waals surface area contributed by atoms with E-state index in [4.69, 9.17) is 4.74 Å². The Morgan fingerprint density at radius 2 is 1.93 bits per heavy atom. The summed E-state index contributed by atoms with van der Waals surface area (Å²) in [6.45, 7) is 4.24. The van der Waals surface area contributed by atoms with E-state index >= 15 is 0 Å². The average molecular weight is 397 g/mol. The molecule has 1 saturated heterocycles. The molecule has 0 radical (unpaired) electrons. The van der Waals surface area contributed by atoms with Crippen molar-refractivity contribution in [2.45, 2.75) is 12.3 Å².